The molecule has 1 atom stereocenters. The number of hydrogen-bond donors (Lipinski definition) is 0. The van der Waals surface area contributed by atoms with Crippen molar-refractivity contribution in [2.45, 2.75) is 55.9 Å². The zero-order valence-corrected chi connectivity index (χ0v) is 19.7. The van der Waals surface area contributed by atoms with Gasteiger partial charge in [0, 0.05) is 44.0 Å². The number of likely N-dealkylation sites (tertiary alicyclic amines) is 1. The Balaban J connectivity index is 1.33. The maximum Gasteiger partial charge on any atom is 0.410 e. The number of benzene rings is 1. The van der Waals surface area contributed by atoms with Crippen molar-refractivity contribution in [3.8, 4) is 0 Å². The quantitative estimate of drug-likeness (QED) is 0.669. The number of carbonyl (C=O) groups excluding carboxylic acids is 1. The normalized spacial score (nSPS) is 20.2. The van der Waals surface area contributed by atoms with E-state index in [4.69, 9.17) is 14.1 Å². The molecule has 2 aliphatic rings. The van der Waals surface area contributed by atoms with E-state index in [0.717, 1.165) is 49.6 Å². The van der Waals surface area contributed by atoms with Gasteiger partial charge in [0.05, 0.1) is 22.6 Å². The van der Waals surface area contributed by atoms with Crippen LogP contribution in [-0.4, -0.2) is 62.9 Å². The van der Waals surface area contributed by atoms with Gasteiger partial charge in [-0.1, -0.05) is 0 Å². The van der Waals surface area contributed by atoms with Crippen molar-refractivity contribution in [2.24, 2.45) is 0 Å². The van der Waals surface area contributed by atoms with Crippen LogP contribution in [0, 0.1) is 0 Å². The van der Waals surface area contributed by atoms with Crippen molar-refractivity contribution >= 4 is 21.6 Å². The molecule has 0 bridgehead atoms. The minimum atomic E-state index is -3.19. The van der Waals surface area contributed by atoms with Gasteiger partial charge >= 0.3 is 6.09 Å². The van der Waals surface area contributed by atoms with Crippen LogP contribution in [0.25, 0.3) is 0 Å². The molecular weight excluding hydrogens is 430 g/mol. The molecule has 1 amide bonds. The van der Waals surface area contributed by atoms with Gasteiger partial charge in [0.25, 0.3) is 0 Å². The monoisotopic (exact) mass is 461 g/mol. The molecule has 8 nitrogen and oxygen atoms in total. The van der Waals surface area contributed by atoms with E-state index in [0.29, 0.717) is 18.0 Å². The molecule has 0 aliphatic carbocycles. The number of sulfone groups is 1. The standard InChI is InChI=1S/C23H31N3O5S/c1-16(2)31-23(27)25-11-8-17(9-12-25)21-15-30-22(24-21)18-10-13-26(14-18)19-4-6-20(7-5-19)32(3,28)29/h4-7,15-18H,8-14H2,1-3H3/t18-/m0/s1. The van der Waals surface area contributed by atoms with E-state index in [1.807, 2.05) is 26.0 Å². The van der Waals surface area contributed by atoms with E-state index in [2.05, 4.69) is 4.90 Å². The van der Waals surface area contributed by atoms with Crippen LogP contribution < -0.4 is 4.90 Å². The lowest BCUT2D eigenvalue weighted by Gasteiger charge is -2.30. The van der Waals surface area contributed by atoms with Crippen molar-refractivity contribution < 1.29 is 22.4 Å². The molecule has 4 rings (SSSR count). The van der Waals surface area contributed by atoms with Crippen LogP contribution in [0.4, 0.5) is 10.5 Å². The van der Waals surface area contributed by atoms with Gasteiger partial charge in [0.15, 0.2) is 15.7 Å². The molecule has 0 saturated carbocycles. The second-order valence-electron chi connectivity index (χ2n) is 9.00. The number of anilines is 1. The van der Waals surface area contributed by atoms with Crippen LogP contribution in [0.15, 0.2) is 39.8 Å². The Bertz CT molecular complexity index is 1040. The summed E-state index contributed by atoms with van der Waals surface area (Å²) in [5, 5.41) is 0. The van der Waals surface area contributed by atoms with E-state index in [1.54, 1.807) is 23.3 Å². The summed E-state index contributed by atoms with van der Waals surface area (Å²) < 4.78 is 34.5. The Hall–Kier alpha value is -2.55. The predicted octanol–water partition coefficient (Wildman–Crippen LogP) is 3.80. The third kappa shape index (κ3) is 5.09. The first-order valence-electron chi connectivity index (χ1n) is 11.2. The fourth-order valence-electron chi connectivity index (χ4n) is 4.41. The second kappa shape index (κ2) is 9.13. The predicted molar refractivity (Wildman–Crippen MR) is 121 cm³/mol. The Morgan fingerprint density at radius 2 is 1.75 bits per heavy atom. The highest BCUT2D eigenvalue weighted by Crippen LogP contribution is 2.33. The highest BCUT2D eigenvalue weighted by Gasteiger charge is 2.31. The smallest absolute Gasteiger partial charge is 0.410 e. The molecule has 0 spiro atoms. The first-order valence-corrected chi connectivity index (χ1v) is 13.1. The number of carbonyl (C=O) groups is 1. The molecule has 1 aromatic carbocycles. The molecule has 2 fully saturated rings. The maximum atomic E-state index is 12.1. The summed E-state index contributed by atoms with van der Waals surface area (Å²) in [4.78, 5) is 21.2. The van der Waals surface area contributed by atoms with E-state index in [1.165, 1.54) is 6.26 Å². The summed E-state index contributed by atoms with van der Waals surface area (Å²) in [5.74, 6) is 1.26. The largest absolute Gasteiger partial charge is 0.448 e. The number of hydrogen-bond acceptors (Lipinski definition) is 7. The lowest BCUT2D eigenvalue weighted by atomic mass is 9.94. The van der Waals surface area contributed by atoms with Crippen LogP contribution in [-0.2, 0) is 14.6 Å². The summed E-state index contributed by atoms with van der Waals surface area (Å²) in [6, 6.07) is 7.03. The van der Waals surface area contributed by atoms with Gasteiger partial charge in [-0.25, -0.2) is 18.2 Å². The average molecular weight is 462 g/mol. The third-order valence-corrected chi connectivity index (χ3v) is 7.34. The molecule has 2 aromatic rings. The maximum absolute atomic E-state index is 12.1. The molecule has 0 unspecified atom stereocenters. The minimum Gasteiger partial charge on any atom is -0.448 e. The van der Waals surface area contributed by atoms with Gasteiger partial charge in [0.1, 0.15) is 6.26 Å². The average Bonchev–Trinajstić information content (AvgIpc) is 3.43. The molecule has 3 heterocycles. The molecule has 0 radical (unpaired) electrons. The van der Waals surface area contributed by atoms with Crippen molar-refractivity contribution in [1.82, 2.24) is 9.88 Å². The molecule has 2 aliphatic heterocycles. The highest BCUT2D eigenvalue weighted by molar-refractivity contribution is 7.90. The second-order valence-corrected chi connectivity index (χ2v) is 11.0. The number of rotatable bonds is 5. The molecule has 9 heteroatoms. The summed E-state index contributed by atoms with van der Waals surface area (Å²) in [6.07, 6.45) is 5.27. The van der Waals surface area contributed by atoms with Gasteiger partial charge < -0.3 is 19.0 Å². The van der Waals surface area contributed by atoms with Gasteiger partial charge in [-0.2, -0.15) is 0 Å². The lowest BCUT2D eigenvalue weighted by Crippen LogP contribution is -2.39. The number of aromatic nitrogens is 1. The van der Waals surface area contributed by atoms with Gasteiger partial charge in [-0.05, 0) is 57.4 Å². The number of amides is 1. The first-order chi connectivity index (χ1) is 15.2. The Kier molecular flexibility index (Phi) is 6.46. The molecule has 0 N–H and O–H groups in total. The topological polar surface area (TPSA) is 93.0 Å². The highest BCUT2D eigenvalue weighted by atomic mass is 32.2. The van der Waals surface area contributed by atoms with Crippen LogP contribution in [0.5, 0.6) is 0 Å². The number of piperidine rings is 1. The van der Waals surface area contributed by atoms with E-state index >= 15 is 0 Å². The number of nitrogens with zero attached hydrogens (tertiary/aromatic N) is 3. The molecule has 32 heavy (non-hydrogen) atoms. The summed E-state index contributed by atoms with van der Waals surface area (Å²) in [7, 11) is -3.19. The Morgan fingerprint density at radius 3 is 2.38 bits per heavy atom. The Labute approximate surface area is 189 Å². The Morgan fingerprint density at radius 1 is 1.09 bits per heavy atom. The van der Waals surface area contributed by atoms with Crippen molar-refractivity contribution in [3.05, 3.63) is 42.1 Å². The number of ether oxygens (including phenoxy) is 1. The van der Waals surface area contributed by atoms with E-state index in [-0.39, 0.29) is 24.0 Å². The van der Waals surface area contributed by atoms with E-state index < -0.39 is 9.84 Å². The van der Waals surface area contributed by atoms with Crippen LogP contribution in [0.2, 0.25) is 0 Å². The summed E-state index contributed by atoms with van der Waals surface area (Å²) in [5.41, 5.74) is 1.97. The molecule has 1 aromatic heterocycles. The van der Waals surface area contributed by atoms with Crippen molar-refractivity contribution in [2.75, 3.05) is 37.3 Å². The fourth-order valence-corrected chi connectivity index (χ4v) is 5.04. The third-order valence-electron chi connectivity index (χ3n) is 6.22. The SMILES string of the molecule is CC(C)OC(=O)N1CCC(c2coc([C@H]3CCN(c4ccc(S(C)(=O)=O)cc4)C3)n2)CC1. The molecular formula is C23H31N3O5S. The number of oxazole rings is 1. The van der Waals surface area contributed by atoms with Crippen LogP contribution in [0.1, 0.15) is 56.5 Å². The van der Waals surface area contributed by atoms with Gasteiger partial charge in [-0.3, -0.25) is 0 Å². The first kappa shape index (κ1) is 22.6. The molecule has 174 valence electrons. The van der Waals surface area contributed by atoms with Crippen molar-refractivity contribution in [1.29, 1.82) is 0 Å². The van der Waals surface area contributed by atoms with Crippen molar-refractivity contribution in [3.63, 3.8) is 0 Å². The van der Waals surface area contributed by atoms with Crippen LogP contribution >= 0.6 is 0 Å². The summed E-state index contributed by atoms with van der Waals surface area (Å²) >= 11 is 0. The van der Waals surface area contributed by atoms with E-state index in [9.17, 15) is 13.2 Å². The minimum absolute atomic E-state index is 0.109. The molecule has 2 saturated heterocycles. The van der Waals surface area contributed by atoms with Crippen LogP contribution in [0.3, 0.4) is 0 Å². The fraction of sp³-hybridized carbons (Fsp3) is 0.565. The summed E-state index contributed by atoms with van der Waals surface area (Å²) in [6.45, 7) is 6.71. The van der Waals surface area contributed by atoms with Gasteiger partial charge in [0.2, 0.25) is 0 Å². The zero-order chi connectivity index (χ0) is 22.9. The zero-order valence-electron chi connectivity index (χ0n) is 18.9. The lowest BCUT2D eigenvalue weighted by molar-refractivity contribution is 0.0690. The van der Waals surface area contributed by atoms with Gasteiger partial charge in [-0.15, -0.1) is 0 Å².